The topological polar surface area (TPSA) is 79.0 Å². The lowest BCUT2D eigenvalue weighted by molar-refractivity contribution is -0.111. The number of benzene rings is 1. The van der Waals surface area contributed by atoms with Crippen LogP contribution in [0.1, 0.15) is 24.5 Å². The summed E-state index contributed by atoms with van der Waals surface area (Å²) >= 11 is 0. The van der Waals surface area contributed by atoms with Crippen molar-refractivity contribution < 1.29 is 4.79 Å². The lowest BCUT2D eigenvalue weighted by Gasteiger charge is -2.22. The Hall–Kier alpha value is -2.20. The Balaban J connectivity index is 2.51. The fourth-order valence-electron chi connectivity index (χ4n) is 2.47. The van der Waals surface area contributed by atoms with E-state index in [2.05, 4.69) is 12.2 Å². The van der Waals surface area contributed by atoms with E-state index < -0.39 is 5.91 Å². The van der Waals surface area contributed by atoms with Gasteiger partial charge >= 0.3 is 0 Å². The average molecular weight is 283 g/mol. The third kappa shape index (κ3) is 3.67. The molecule has 0 aliphatic carbocycles. The Morgan fingerprint density at radius 1 is 1.29 bits per heavy atom. The SMILES string of the molecule is CC1=C(/C(=C\C(=N)C(N)=O)c2ccc(C)cc2)CCNC1. The van der Waals surface area contributed by atoms with Gasteiger partial charge in [-0.25, -0.2) is 0 Å². The van der Waals surface area contributed by atoms with E-state index in [1.54, 1.807) is 6.08 Å². The van der Waals surface area contributed by atoms with Gasteiger partial charge in [0.25, 0.3) is 5.91 Å². The molecule has 0 fully saturated rings. The number of hydrogen-bond donors (Lipinski definition) is 3. The highest BCUT2D eigenvalue weighted by molar-refractivity contribution is 6.42. The van der Waals surface area contributed by atoms with Gasteiger partial charge in [-0.3, -0.25) is 10.2 Å². The molecule has 21 heavy (non-hydrogen) atoms. The number of allylic oxidation sites excluding steroid dienone is 1. The average Bonchev–Trinajstić information content (AvgIpc) is 2.46. The van der Waals surface area contributed by atoms with Crippen molar-refractivity contribution in [1.82, 2.24) is 5.32 Å². The van der Waals surface area contributed by atoms with Gasteiger partial charge in [0.05, 0.1) is 0 Å². The van der Waals surface area contributed by atoms with Crippen LogP contribution in [0.25, 0.3) is 5.57 Å². The van der Waals surface area contributed by atoms with Crippen molar-refractivity contribution in [2.75, 3.05) is 13.1 Å². The Kier molecular flexibility index (Phi) is 4.70. The van der Waals surface area contributed by atoms with E-state index in [0.29, 0.717) is 0 Å². The van der Waals surface area contributed by atoms with Gasteiger partial charge in [-0.2, -0.15) is 0 Å². The summed E-state index contributed by atoms with van der Waals surface area (Å²) in [6, 6.07) is 8.12. The van der Waals surface area contributed by atoms with Gasteiger partial charge in [-0.1, -0.05) is 35.4 Å². The fraction of sp³-hybridized carbons (Fsp3) is 0.294. The number of hydrogen-bond acceptors (Lipinski definition) is 3. The van der Waals surface area contributed by atoms with Crippen molar-refractivity contribution in [2.45, 2.75) is 20.3 Å². The maximum atomic E-state index is 11.2. The van der Waals surface area contributed by atoms with Gasteiger partial charge in [0.1, 0.15) is 5.71 Å². The van der Waals surface area contributed by atoms with Crippen LogP contribution in [0.2, 0.25) is 0 Å². The monoisotopic (exact) mass is 283 g/mol. The van der Waals surface area contributed by atoms with Gasteiger partial charge in [0, 0.05) is 6.54 Å². The molecule has 0 atom stereocenters. The second-order valence-electron chi connectivity index (χ2n) is 5.39. The summed E-state index contributed by atoms with van der Waals surface area (Å²) in [7, 11) is 0. The third-order valence-electron chi connectivity index (χ3n) is 3.70. The molecule has 0 aromatic heterocycles. The number of carbonyl (C=O) groups excluding carboxylic acids is 1. The Labute approximate surface area is 125 Å². The first-order valence-electron chi connectivity index (χ1n) is 7.06. The number of nitrogens with one attached hydrogen (secondary N) is 2. The Morgan fingerprint density at radius 2 is 1.95 bits per heavy atom. The van der Waals surface area contributed by atoms with Gasteiger partial charge in [-0.15, -0.1) is 0 Å². The highest BCUT2D eigenvalue weighted by Crippen LogP contribution is 2.29. The second kappa shape index (κ2) is 6.50. The predicted molar refractivity (Wildman–Crippen MR) is 86.3 cm³/mol. The van der Waals surface area contributed by atoms with E-state index in [1.165, 1.54) is 16.7 Å². The van der Waals surface area contributed by atoms with Crippen molar-refractivity contribution in [3.63, 3.8) is 0 Å². The maximum Gasteiger partial charge on any atom is 0.266 e. The lowest BCUT2D eigenvalue weighted by atomic mass is 9.89. The van der Waals surface area contributed by atoms with Crippen LogP contribution < -0.4 is 11.1 Å². The minimum absolute atomic E-state index is 0.163. The van der Waals surface area contributed by atoms with E-state index in [-0.39, 0.29) is 5.71 Å². The summed E-state index contributed by atoms with van der Waals surface area (Å²) in [4.78, 5) is 11.2. The molecule has 0 saturated carbocycles. The van der Waals surface area contributed by atoms with Crippen molar-refractivity contribution in [3.05, 3.63) is 52.6 Å². The highest BCUT2D eigenvalue weighted by atomic mass is 16.1. The van der Waals surface area contributed by atoms with Gasteiger partial charge < -0.3 is 11.1 Å². The predicted octanol–water partition coefficient (Wildman–Crippen LogP) is 2.19. The van der Waals surface area contributed by atoms with E-state index in [9.17, 15) is 4.79 Å². The first-order valence-corrected chi connectivity index (χ1v) is 7.06. The number of primary amides is 1. The molecule has 1 aromatic carbocycles. The molecule has 1 heterocycles. The van der Waals surface area contributed by atoms with Crippen LogP contribution >= 0.6 is 0 Å². The smallest absolute Gasteiger partial charge is 0.266 e. The molecule has 4 N–H and O–H groups in total. The van der Waals surface area contributed by atoms with Crippen LogP contribution in [0.3, 0.4) is 0 Å². The fourth-order valence-corrected chi connectivity index (χ4v) is 2.47. The second-order valence-corrected chi connectivity index (χ2v) is 5.39. The molecule has 0 unspecified atom stereocenters. The van der Waals surface area contributed by atoms with E-state index >= 15 is 0 Å². The normalized spacial score (nSPS) is 16.0. The highest BCUT2D eigenvalue weighted by Gasteiger charge is 2.16. The van der Waals surface area contributed by atoms with Crippen LogP contribution in [0.4, 0.5) is 0 Å². The molecule has 1 amide bonds. The molecule has 110 valence electrons. The molecule has 1 aliphatic heterocycles. The summed E-state index contributed by atoms with van der Waals surface area (Å²) in [6.07, 6.45) is 2.48. The van der Waals surface area contributed by atoms with Gasteiger partial charge in [0.2, 0.25) is 0 Å². The van der Waals surface area contributed by atoms with Crippen molar-refractivity contribution in [3.8, 4) is 0 Å². The number of aryl methyl sites for hydroxylation is 1. The number of amides is 1. The molecule has 4 nitrogen and oxygen atoms in total. The Bertz CT molecular complexity index is 624. The van der Waals surface area contributed by atoms with Crippen molar-refractivity contribution >= 4 is 17.2 Å². The largest absolute Gasteiger partial charge is 0.364 e. The van der Waals surface area contributed by atoms with Crippen molar-refractivity contribution in [1.29, 1.82) is 5.41 Å². The minimum Gasteiger partial charge on any atom is -0.364 e. The quantitative estimate of drug-likeness (QED) is 0.741. The number of nitrogens with two attached hydrogens (primary N) is 1. The molecule has 1 aromatic rings. The third-order valence-corrected chi connectivity index (χ3v) is 3.70. The molecule has 0 radical (unpaired) electrons. The van der Waals surface area contributed by atoms with E-state index in [0.717, 1.165) is 30.6 Å². The summed E-state index contributed by atoms with van der Waals surface area (Å²) in [6.45, 7) is 5.85. The molecule has 4 heteroatoms. The summed E-state index contributed by atoms with van der Waals surface area (Å²) < 4.78 is 0. The standard InChI is InChI=1S/C17H21N3O/c1-11-3-5-13(6-4-11)15(9-16(18)17(19)21)14-7-8-20-10-12(14)2/h3-6,9,18,20H,7-8,10H2,1-2H3,(H2,19,21)/b15-9-,18-16?. The Morgan fingerprint density at radius 3 is 2.52 bits per heavy atom. The molecule has 0 spiro atoms. The van der Waals surface area contributed by atoms with Gasteiger partial charge in [0.15, 0.2) is 0 Å². The zero-order chi connectivity index (χ0) is 15.4. The summed E-state index contributed by atoms with van der Waals surface area (Å²) in [5.41, 5.74) is 10.6. The lowest BCUT2D eigenvalue weighted by Crippen LogP contribution is -2.25. The molecular formula is C17H21N3O. The first-order chi connectivity index (χ1) is 9.99. The molecular weight excluding hydrogens is 262 g/mol. The van der Waals surface area contributed by atoms with E-state index in [1.807, 2.05) is 31.2 Å². The first kappa shape index (κ1) is 15.2. The van der Waals surface area contributed by atoms with Crippen LogP contribution in [0.5, 0.6) is 0 Å². The van der Waals surface area contributed by atoms with Crippen LogP contribution in [-0.2, 0) is 4.79 Å². The summed E-state index contributed by atoms with van der Waals surface area (Å²) in [5, 5.41) is 11.1. The zero-order valence-corrected chi connectivity index (χ0v) is 12.5. The van der Waals surface area contributed by atoms with Crippen molar-refractivity contribution in [2.24, 2.45) is 5.73 Å². The maximum absolute atomic E-state index is 11.2. The molecule has 0 saturated heterocycles. The zero-order valence-electron chi connectivity index (χ0n) is 12.5. The molecule has 0 bridgehead atoms. The number of rotatable bonds is 4. The van der Waals surface area contributed by atoms with Crippen LogP contribution in [0.15, 0.2) is 41.5 Å². The minimum atomic E-state index is -0.702. The molecule has 2 rings (SSSR count). The van der Waals surface area contributed by atoms with E-state index in [4.69, 9.17) is 11.1 Å². The van der Waals surface area contributed by atoms with Gasteiger partial charge in [-0.05, 0) is 49.6 Å². The van der Waals surface area contributed by atoms with Crippen LogP contribution in [0, 0.1) is 12.3 Å². The summed E-state index contributed by atoms with van der Waals surface area (Å²) in [5.74, 6) is -0.702. The number of carbonyl (C=O) groups is 1. The molecule has 1 aliphatic rings. The van der Waals surface area contributed by atoms with Crippen LogP contribution in [-0.4, -0.2) is 24.7 Å².